The van der Waals surface area contributed by atoms with Crippen LogP contribution in [0.1, 0.15) is 31.2 Å². The standard InChI is InChI=1S/C17H22O6/c1-5-23-17(19)14-10(6-8-12(14)18)11-7-9-13(20-2)16(22-4)15(11)21-3/h7,9-10,14H,5-6,8H2,1-4H3/t10-,14-/m1/s1. The minimum atomic E-state index is -0.790. The fourth-order valence-corrected chi connectivity index (χ4v) is 3.12. The highest BCUT2D eigenvalue weighted by molar-refractivity contribution is 6.02. The van der Waals surface area contributed by atoms with Crippen LogP contribution in [0.4, 0.5) is 0 Å². The number of methoxy groups -OCH3 is 3. The van der Waals surface area contributed by atoms with E-state index in [4.69, 9.17) is 18.9 Å². The van der Waals surface area contributed by atoms with Crippen molar-refractivity contribution in [3.63, 3.8) is 0 Å². The normalized spacial score (nSPS) is 20.3. The highest BCUT2D eigenvalue weighted by Crippen LogP contribution is 2.48. The van der Waals surface area contributed by atoms with Crippen molar-refractivity contribution < 1.29 is 28.5 Å². The minimum Gasteiger partial charge on any atom is -0.493 e. The molecule has 0 aliphatic heterocycles. The van der Waals surface area contributed by atoms with Crippen molar-refractivity contribution in [1.82, 2.24) is 0 Å². The molecule has 6 heteroatoms. The molecule has 23 heavy (non-hydrogen) atoms. The fraction of sp³-hybridized carbons (Fsp3) is 0.529. The first-order valence-electron chi connectivity index (χ1n) is 7.57. The SMILES string of the molecule is CCOC(=O)[C@H]1C(=O)CC[C@@H]1c1ccc(OC)c(OC)c1OC. The van der Waals surface area contributed by atoms with Crippen molar-refractivity contribution in [3.05, 3.63) is 17.7 Å². The van der Waals surface area contributed by atoms with Crippen LogP contribution in [0.15, 0.2) is 12.1 Å². The molecule has 0 spiro atoms. The first-order chi connectivity index (χ1) is 11.1. The van der Waals surface area contributed by atoms with Gasteiger partial charge < -0.3 is 18.9 Å². The minimum absolute atomic E-state index is 0.0923. The second kappa shape index (κ2) is 7.35. The summed E-state index contributed by atoms with van der Waals surface area (Å²) in [6.45, 7) is 1.97. The van der Waals surface area contributed by atoms with E-state index in [1.165, 1.54) is 21.3 Å². The molecule has 1 aliphatic rings. The Balaban J connectivity index is 2.47. The van der Waals surface area contributed by atoms with Gasteiger partial charge in [-0.3, -0.25) is 9.59 Å². The van der Waals surface area contributed by atoms with Crippen LogP contribution < -0.4 is 14.2 Å². The largest absolute Gasteiger partial charge is 0.493 e. The molecule has 0 amide bonds. The molecule has 0 aromatic heterocycles. The molecule has 1 fully saturated rings. The molecule has 1 saturated carbocycles. The Morgan fingerprint density at radius 1 is 1.13 bits per heavy atom. The molecule has 0 bridgehead atoms. The topological polar surface area (TPSA) is 71.1 Å². The molecule has 1 aromatic rings. The lowest BCUT2D eigenvalue weighted by Gasteiger charge is -2.22. The van der Waals surface area contributed by atoms with E-state index < -0.39 is 11.9 Å². The lowest BCUT2D eigenvalue weighted by molar-refractivity contribution is -0.151. The van der Waals surface area contributed by atoms with Crippen LogP contribution >= 0.6 is 0 Å². The van der Waals surface area contributed by atoms with Crippen molar-refractivity contribution in [2.45, 2.75) is 25.7 Å². The summed E-state index contributed by atoms with van der Waals surface area (Å²) in [5.41, 5.74) is 0.758. The number of hydrogen-bond donors (Lipinski definition) is 0. The zero-order chi connectivity index (χ0) is 17.0. The van der Waals surface area contributed by atoms with Gasteiger partial charge in [0.25, 0.3) is 0 Å². The van der Waals surface area contributed by atoms with E-state index >= 15 is 0 Å². The molecule has 1 aliphatic carbocycles. The molecule has 1 aromatic carbocycles. The first-order valence-corrected chi connectivity index (χ1v) is 7.57. The van der Waals surface area contributed by atoms with E-state index in [0.717, 1.165) is 5.56 Å². The zero-order valence-electron chi connectivity index (χ0n) is 13.9. The summed E-state index contributed by atoms with van der Waals surface area (Å²) in [6, 6.07) is 3.57. The van der Waals surface area contributed by atoms with E-state index in [1.54, 1.807) is 13.0 Å². The van der Waals surface area contributed by atoms with Crippen LogP contribution in [0, 0.1) is 5.92 Å². The maximum Gasteiger partial charge on any atom is 0.317 e. The summed E-state index contributed by atoms with van der Waals surface area (Å²) < 4.78 is 21.2. The number of ketones is 1. The summed E-state index contributed by atoms with van der Waals surface area (Å²) in [7, 11) is 4.58. The lowest BCUT2D eigenvalue weighted by Crippen LogP contribution is -2.26. The van der Waals surface area contributed by atoms with Crippen LogP contribution in [-0.4, -0.2) is 39.7 Å². The monoisotopic (exact) mass is 322 g/mol. The summed E-state index contributed by atoms with van der Waals surface area (Å²) in [5.74, 6) is -0.166. The smallest absolute Gasteiger partial charge is 0.317 e. The van der Waals surface area contributed by atoms with Gasteiger partial charge in [-0.2, -0.15) is 0 Å². The Bertz CT molecular complexity index is 595. The van der Waals surface area contributed by atoms with Gasteiger partial charge in [-0.25, -0.2) is 0 Å². The molecular weight excluding hydrogens is 300 g/mol. The molecule has 0 heterocycles. The lowest BCUT2D eigenvalue weighted by atomic mass is 9.87. The molecule has 0 unspecified atom stereocenters. The van der Waals surface area contributed by atoms with Crippen LogP contribution in [0.3, 0.4) is 0 Å². The number of benzene rings is 1. The third kappa shape index (κ3) is 3.11. The predicted octanol–water partition coefficient (Wildman–Crippen LogP) is 2.34. The van der Waals surface area contributed by atoms with Gasteiger partial charge in [0.2, 0.25) is 5.75 Å². The van der Waals surface area contributed by atoms with Crippen molar-refractivity contribution in [1.29, 1.82) is 0 Å². The third-order valence-corrected chi connectivity index (χ3v) is 4.13. The van der Waals surface area contributed by atoms with Gasteiger partial charge in [-0.05, 0) is 19.4 Å². The number of rotatable bonds is 6. The number of hydrogen-bond acceptors (Lipinski definition) is 6. The number of ether oxygens (including phenoxy) is 4. The Labute approximate surface area is 135 Å². The Morgan fingerprint density at radius 2 is 1.83 bits per heavy atom. The van der Waals surface area contributed by atoms with Crippen molar-refractivity contribution in [2.24, 2.45) is 5.92 Å². The van der Waals surface area contributed by atoms with Gasteiger partial charge >= 0.3 is 5.97 Å². The number of carbonyl (C=O) groups excluding carboxylic acids is 2. The Hall–Kier alpha value is -2.24. The summed E-state index contributed by atoms with van der Waals surface area (Å²) in [4.78, 5) is 24.3. The van der Waals surface area contributed by atoms with Crippen LogP contribution in [0.25, 0.3) is 0 Å². The Morgan fingerprint density at radius 3 is 2.39 bits per heavy atom. The molecule has 126 valence electrons. The van der Waals surface area contributed by atoms with Gasteiger partial charge in [0.05, 0.1) is 27.9 Å². The average Bonchev–Trinajstić information content (AvgIpc) is 2.94. The van der Waals surface area contributed by atoms with Crippen molar-refractivity contribution >= 4 is 11.8 Å². The molecule has 2 rings (SSSR count). The first kappa shape index (κ1) is 17.1. The highest BCUT2D eigenvalue weighted by Gasteiger charge is 2.43. The van der Waals surface area contributed by atoms with Crippen LogP contribution in [0.5, 0.6) is 17.2 Å². The molecular formula is C17H22O6. The van der Waals surface area contributed by atoms with E-state index in [-0.39, 0.29) is 18.3 Å². The fourth-order valence-electron chi connectivity index (χ4n) is 3.12. The molecule has 0 radical (unpaired) electrons. The summed E-state index contributed by atoms with van der Waals surface area (Å²) >= 11 is 0. The highest BCUT2D eigenvalue weighted by atomic mass is 16.5. The molecule has 2 atom stereocenters. The number of Topliss-reactive ketones (excluding diaryl/α,β-unsaturated/α-hetero) is 1. The van der Waals surface area contributed by atoms with E-state index in [0.29, 0.717) is 30.1 Å². The van der Waals surface area contributed by atoms with Gasteiger partial charge in [0, 0.05) is 17.9 Å². The number of esters is 1. The third-order valence-electron chi connectivity index (χ3n) is 4.13. The molecule has 0 saturated heterocycles. The van der Waals surface area contributed by atoms with Crippen LogP contribution in [-0.2, 0) is 14.3 Å². The maximum atomic E-state index is 12.2. The van der Waals surface area contributed by atoms with Gasteiger partial charge in [0.15, 0.2) is 11.5 Å². The van der Waals surface area contributed by atoms with E-state index in [1.807, 2.05) is 6.07 Å². The van der Waals surface area contributed by atoms with E-state index in [9.17, 15) is 9.59 Å². The van der Waals surface area contributed by atoms with Gasteiger partial charge in [-0.15, -0.1) is 0 Å². The van der Waals surface area contributed by atoms with E-state index in [2.05, 4.69) is 0 Å². The summed E-state index contributed by atoms with van der Waals surface area (Å²) in [6.07, 6.45) is 0.930. The van der Waals surface area contributed by atoms with Gasteiger partial charge in [-0.1, -0.05) is 6.07 Å². The van der Waals surface area contributed by atoms with Crippen molar-refractivity contribution in [3.8, 4) is 17.2 Å². The van der Waals surface area contributed by atoms with Crippen molar-refractivity contribution in [2.75, 3.05) is 27.9 Å². The molecule has 0 N–H and O–H groups in total. The average molecular weight is 322 g/mol. The zero-order valence-corrected chi connectivity index (χ0v) is 13.9. The Kier molecular flexibility index (Phi) is 5.47. The van der Waals surface area contributed by atoms with Crippen LogP contribution in [0.2, 0.25) is 0 Å². The summed E-state index contributed by atoms with van der Waals surface area (Å²) in [5, 5.41) is 0. The predicted molar refractivity (Wildman–Crippen MR) is 83.2 cm³/mol. The second-order valence-electron chi connectivity index (χ2n) is 5.26. The van der Waals surface area contributed by atoms with Gasteiger partial charge in [0.1, 0.15) is 11.7 Å². The quantitative estimate of drug-likeness (QED) is 0.591. The maximum absolute atomic E-state index is 12.2. The number of carbonyl (C=O) groups is 2. The molecule has 6 nitrogen and oxygen atoms in total. The second-order valence-corrected chi connectivity index (χ2v) is 5.26.